The predicted octanol–water partition coefficient (Wildman–Crippen LogP) is 3.88. The van der Waals surface area contributed by atoms with Crippen LogP contribution in [-0.2, 0) is 0 Å². The zero-order chi connectivity index (χ0) is 13.5. The van der Waals surface area contributed by atoms with Gasteiger partial charge in [0.2, 0.25) is 0 Å². The molecule has 2 aliphatic rings. The average molecular weight is 265 g/mol. The molecule has 2 bridgehead atoms. The van der Waals surface area contributed by atoms with Crippen molar-refractivity contribution < 1.29 is 4.74 Å². The lowest BCUT2D eigenvalue weighted by Gasteiger charge is -2.20. The minimum absolute atomic E-state index is 0.571. The van der Waals surface area contributed by atoms with Gasteiger partial charge in [-0.25, -0.2) is 0 Å². The lowest BCUT2D eigenvalue weighted by molar-refractivity contribution is 0.410. The zero-order valence-electron chi connectivity index (χ0n) is 11.7. The molecule has 0 amide bonds. The Bertz CT molecular complexity index is 632. The molecule has 1 aliphatic carbocycles. The Morgan fingerprint density at radius 2 is 1.80 bits per heavy atom. The van der Waals surface area contributed by atoms with Crippen molar-refractivity contribution in [3.05, 3.63) is 53.6 Å². The Morgan fingerprint density at radius 1 is 1.00 bits per heavy atom. The van der Waals surface area contributed by atoms with Crippen molar-refractivity contribution in [1.82, 2.24) is 5.32 Å². The van der Waals surface area contributed by atoms with E-state index in [4.69, 9.17) is 4.74 Å². The number of hydrogen-bond acceptors (Lipinski definition) is 2. The highest BCUT2D eigenvalue weighted by Gasteiger charge is 2.33. The van der Waals surface area contributed by atoms with Gasteiger partial charge in [0.05, 0.1) is 7.11 Å². The lowest BCUT2D eigenvalue weighted by atomic mass is 9.95. The smallest absolute Gasteiger partial charge is 0.118 e. The molecule has 2 aromatic rings. The van der Waals surface area contributed by atoms with Crippen molar-refractivity contribution >= 4 is 0 Å². The number of hydrogen-bond donors (Lipinski definition) is 1. The number of rotatable bonds is 2. The molecular formula is C18H19NO. The number of methoxy groups -OCH3 is 1. The number of nitrogens with one attached hydrogen (secondary N) is 1. The fourth-order valence-corrected chi connectivity index (χ4v) is 3.65. The van der Waals surface area contributed by atoms with Crippen LogP contribution in [0.1, 0.15) is 35.9 Å². The number of piperidine rings is 1. The maximum Gasteiger partial charge on any atom is 0.118 e. The van der Waals surface area contributed by atoms with Gasteiger partial charge in [0.25, 0.3) is 0 Å². The molecule has 0 radical (unpaired) electrons. The van der Waals surface area contributed by atoms with Crippen molar-refractivity contribution in [3.63, 3.8) is 0 Å². The van der Waals surface area contributed by atoms with E-state index in [1.165, 1.54) is 29.5 Å². The highest BCUT2D eigenvalue weighted by molar-refractivity contribution is 5.66. The van der Waals surface area contributed by atoms with Crippen LogP contribution in [0.25, 0.3) is 11.1 Å². The summed E-state index contributed by atoms with van der Waals surface area (Å²) in [6.45, 7) is 1.15. The first-order chi connectivity index (χ1) is 9.85. The highest BCUT2D eigenvalue weighted by atomic mass is 16.5. The number of ether oxygens (including phenoxy) is 1. The van der Waals surface area contributed by atoms with Gasteiger partial charge in [-0.05, 0) is 65.8 Å². The lowest BCUT2D eigenvalue weighted by Crippen LogP contribution is -2.25. The monoisotopic (exact) mass is 265 g/mol. The van der Waals surface area contributed by atoms with Gasteiger partial charge < -0.3 is 10.1 Å². The normalized spacial score (nSPS) is 23.4. The third-order valence-electron chi connectivity index (χ3n) is 4.73. The van der Waals surface area contributed by atoms with Gasteiger partial charge in [0.15, 0.2) is 0 Å². The van der Waals surface area contributed by atoms with E-state index in [2.05, 4.69) is 35.6 Å². The summed E-state index contributed by atoms with van der Waals surface area (Å²) in [6.07, 6.45) is 2.56. The number of fused-ring (bicyclic) bond motifs is 5. The van der Waals surface area contributed by atoms with E-state index in [-0.39, 0.29) is 0 Å². The van der Waals surface area contributed by atoms with Crippen LogP contribution in [-0.4, -0.2) is 13.7 Å². The van der Waals surface area contributed by atoms with Crippen molar-refractivity contribution in [1.29, 1.82) is 0 Å². The molecule has 2 atom stereocenters. The van der Waals surface area contributed by atoms with Gasteiger partial charge >= 0.3 is 0 Å². The molecule has 2 aromatic carbocycles. The summed E-state index contributed by atoms with van der Waals surface area (Å²) in [4.78, 5) is 0. The molecule has 0 saturated carbocycles. The third kappa shape index (κ3) is 1.83. The first-order valence-electron chi connectivity index (χ1n) is 7.37. The Morgan fingerprint density at radius 3 is 2.60 bits per heavy atom. The second-order valence-corrected chi connectivity index (χ2v) is 5.80. The quantitative estimate of drug-likeness (QED) is 0.889. The van der Waals surface area contributed by atoms with Gasteiger partial charge in [-0.15, -0.1) is 0 Å². The molecule has 1 N–H and O–H groups in total. The SMILES string of the molecule is COc1ccc(-c2ccc3c(c2)[C@@H]2CC3CCN2)cc1. The summed E-state index contributed by atoms with van der Waals surface area (Å²) in [7, 11) is 1.70. The van der Waals surface area contributed by atoms with Gasteiger partial charge in [0.1, 0.15) is 5.75 Å². The third-order valence-corrected chi connectivity index (χ3v) is 4.73. The van der Waals surface area contributed by atoms with Gasteiger partial charge in [-0.2, -0.15) is 0 Å². The Labute approximate surface area is 119 Å². The minimum Gasteiger partial charge on any atom is -0.497 e. The molecule has 4 rings (SSSR count). The second-order valence-electron chi connectivity index (χ2n) is 5.80. The molecule has 1 aliphatic heterocycles. The van der Waals surface area contributed by atoms with Gasteiger partial charge in [-0.1, -0.05) is 24.3 Å². The van der Waals surface area contributed by atoms with Crippen LogP contribution in [0.3, 0.4) is 0 Å². The van der Waals surface area contributed by atoms with Crippen LogP contribution in [0.2, 0.25) is 0 Å². The van der Waals surface area contributed by atoms with E-state index in [0.29, 0.717) is 6.04 Å². The first kappa shape index (κ1) is 12.0. The Balaban J connectivity index is 1.73. The summed E-state index contributed by atoms with van der Waals surface area (Å²) in [6, 6.07) is 15.9. The molecule has 20 heavy (non-hydrogen) atoms. The van der Waals surface area contributed by atoms with Crippen molar-refractivity contribution in [2.75, 3.05) is 13.7 Å². The van der Waals surface area contributed by atoms with Crippen LogP contribution in [0.4, 0.5) is 0 Å². The van der Waals surface area contributed by atoms with E-state index in [0.717, 1.165) is 18.2 Å². The largest absolute Gasteiger partial charge is 0.497 e. The van der Waals surface area contributed by atoms with Crippen molar-refractivity contribution in [2.24, 2.45) is 0 Å². The summed E-state index contributed by atoms with van der Waals surface area (Å²) in [5, 5.41) is 3.64. The van der Waals surface area contributed by atoms with E-state index < -0.39 is 0 Å². The second kappa shape index (κ2) is 4.64. The van der Waals surface area contributed by atoms with E-state index >= 15 is 0 Å². The minimum atomic E-state index is 0.571. The standard InChI is InChI=1S/C18H19NO/c1-20-15-5-2-12(3-6-15)13-4-7-16-14-8-9-19-18(11-14)17(16)10-13/h2-7,10,14,18-19H,8-9,11H2,1H3/t14?,18-/m0/s1. The van der Waals surface area contributed by atoms with E-state index in [9.17, 15) is 0 Å². The van der Waals surface area contributed by atoms with E-state index in [1.54, 1.807) is 12.7 Å². The van der Waals surface area contributed by atoms with Crippen LogP contribution < -0.4 is 10.1 Å². The molecule has 1 heterocycles. The molecular weight excluding hydrogens is 246 g/mol. The maximum atomic E-state index is 5.23. The van der Waals surface area contributed by atoms with Crippen molar-refractivity contribution in [2.45, 2.75) is 24.8 Å². The molecule has 0 spiro atoms. The molecule has 102 valence electrons. The molecule has 2 nitrogen and oxygen atoms in total. The highest BCUT2D eigenvalue weighted by Crippen LogP contribution is 2.45. The first-order valence-corrected chi connectivity index (χ1v) is 7.37. The summed E-state index contributed by atoms with van der Waals surface area (Å²) >= 11 is 0. The fourth-order valence-electron chi connectivity index (χ4n) is 3.65. The van der Waals surface area contributed by atoms with Crippen LogP contribution in [0.15, 0.2) is 42.5 Å². The summed E-state index contributed by atoms with van der Waals surface area (Å²) in [5.74, 6) is 1.69. The number of benzene rings is 2. The zero-order valence-corrected chi connectivity index (χ0v) is 11.7. The van der Waals surface area contributed by atoms with Crippen LogP contribution in [0.5, 0.6) is 5.75 Å². The molecule has 1 fully saturated rings. The predicted molar refractivity (Wildman–Crippen MR) is 81.1 cm³/mol. The average Bonchev–Trinajstić information content (AvgIpc) is 2.78. The molecule has 0 aromatic heterocycles. The fraction of sp³-hybridized carbons (Fsp3) is 0.333. The van der Waals surface area contributed by atoms with Crippen LogP contribution >= 0.6 is 0 Å². The topological polar surface area (TPSA) is 21.3 Å². The van der Waals surface area contributed by atoms with E-state index in [1.807, 2.05) is 12.1 Å². The molecule has 1 saturated heterocycles. The Kier molecular flexibility index (Phi) is 2.78. The van der Waals surface area contributed by atoms with Gasteiger partial charge in [-0.3, -0.25) is 0 Å². The Hall–Kier alpha value is -1.80. The summed E-state index contributed by atoms with van der Waals surface area (Å²) in [5.41, 5.74) is 5.65. The molecule has 2 heteroatoms. The van der Waals surface area contributed by atoms with Gasteiger partial charge in [0, 0.05) is 6.04 Å². The summed E-state index contributed by atoms with van der Waals surface area (Å²) < 4.78 is 5.23. The molecule has 1 unspecified atom stereocenters. The van der Waals surface area contributed by atoms with Crippen molar-refractivity contribution in [3.8, 4) is 16.9 Å². The maximum absolute atomic E-state index is 5.23. The van der Waals surface area contributed by atoms with Crippen LogP contribution in [0, 0.1) is 0 Å².